The summed E-state index contributed by atoms with van der Waals surface area (Å²) >= 11 is 0. The van der Waals surface area contributed by atoms with Crippen molar-refractivity contribution in [2.45, 2.75) is 26.6 Å². The molecule has 4 nitrogen and oxygen atoms in total. The molecule has 0 aromatic heterocycles. The summed E-state index contributed by atoms with van der Waals surface area (Å²) in [7, 11) is 0. The summed E-state index contributed by atoms with van der Waals surface area (Å²) in [5.74, 6) is -1.24. The second-order valence-electron chi connectivity index (χ2n) is 3.31. The third kappa shape index (κ3) is 2.42. The van der Waals surface area contributed by atoms with Crippen molar-refractivity contribution in [3.8, 4) is 0 Å². The molecule has 1 fully saturated rings. The van der Waals surface area contributed by atoms with Crippen LogP contribution in [0.3, 0.4) is 0 Å². The van der Waals surface area contributed by atoms with Crippen LogP contribution in [0.25, 0.3) is 0 Å². The summed E-state index contributed by atoms with van der Waals surface area (Å²) in [4.78, 5) is 10.7. The van der Waals surface area contributed by atoms with Crippen LogP contribution in [-0.2, 0) is 14.3 Å². The summed E-state index contributed by atoms with van der Waals surface area (Å²) in [6.45, 7) is 4.80. The first kappa shape index (κ1) is 10.5. The first-order chi connectivity index (χ1) is 6.16. The van der Waals surface area contributed by atoms with E-state index in [1.54, 1.807) is 6.92 Å². The van der Waals surface area contributed by atoms with Crippen molar-refractivity contribution in [3.63, 3.8) is 0 Å². The zero-order chi connectivity index (χ0) is 9.84. The Kier molecular flexibility index (Phi) is 3.69. The highest BCUT2D eigenvalue weighted by molar-refractivity contribution is 5.69. The largest absolute Gasteiger partial charge is 0.481 e. The predicted octanol–water partition coefficient (Wildman–Crippen LogP) is 1.11. The molecule has 76 valence electrons. The first-order valence-electron chi connectivity index (χ1n) is 4.62. The van der Waals surface area contributed by atoms with Crippen molar-refractivity contribution in [2.75, 3.05) is 13.2 Å². The van der Waals surface area contributed by atoms with E-state index in [1.807, 2.05) is 6.92 Å². The molecule has 0 bridgehead atoms. The Morgan fingerprint density at radius 1 is 1.54 bits per heavy atom. The molecule has 0 aromatic carbocycles. The van der Waals surface area contributed by atoms with Gasteiger partial charge in [0.25, 0.3) is 0 Å². The Balaban J connectivity index is 2.54. The van der Waals surface area contributed by atoms with Crippen LogP contribution in [0.2, 0.25) is 0 Å². The number of hydrogen-bond donors (Lipinski definition) is 1. The first-order valence-corrected chi connectivity index (χ1v) is 4.62. The van der Waals surface area contributed by atoms with Crippen LogP contribution < -0.4 is 0 Å². The van der Waals surface area contributed by atoms with Gasteiger partial charge in [0, 0.05) is 5.92 Å². The van der Waals surface area contributed by atoms with Gasteiger partial charge in [0.2, 0.25) is 0 Å². The van der Waals surface area contributed by atoms with Crippen LogP contribution in [0.1, 0.15) is 20.3 Å². The maximum Gasteiger partial charge on any atom is 0.306 e. The normalized spacial score (nSPS) is 22.9. The van der Waals surface area contributed by atoms with Crippen LogP contribution in [0.4, 0.5) is 0 Å². The van der Waals surface area contributed by atoms with E-state index in [-0.39, 0.29) is 12.2 Å². The highest BCUT2D eigenvalue weighted by atomic mass is 16.7. The Labute approximate surface area is 77.8 Å². The number of hydrogen-bond acceptors (Lipinski definition) is 3. The van der Waals surface area contributed by atoms with E-state index in [9.17, 15) is 4.79 Å². The molecule has 1 aliphatic heterocycles. The molecule has 2 atom stereocenters. The molecule has 0 saturated carbocycles. The van der Waals surface area contributed by atoms with Crippen molar-refractivity contribution in [1.82, 2.24) is 0 Å². The molecule has 4 heteroatoms. The second-order valence-corrected chi connectivity index (χ2v) is 3.31. The summed E-state index contributed by atoms with van der Waals surface area (Å²) in [5.41, 5.74) is 0. The van der Waals surface area contributed by atoms with E-state index in [0.29, 0.717) is 13.2 Å². The molecular formula is C9H16O4. The molecular weight excluding hydrogens is 172 g/mol. The molecule has 0 aliphatic carbocycles. The van der Waals surface area contributed by atoms with Gasteiger partial charge in [-0.1, -0.05) is 13.8 Å². The molecule has 1 saturated heterocycles. The van der Waals surface area contributed by atoms with E-state index in [2.05, 4.69) is 0 Å². The molecule has 0 aromatic rings. The van der Waals surface area contributed by atoms with Gasteiger partial charge >= 0.3 is 5.97 Å². The Bertz CT molecular complexity index is 174. The standard InChI is InChI=1S/C9H16O4/c1-3-7(6(2)8(10)11)9-12-4-5-13-9/h6-7,9H,3-5H2,1-2H3,(H,10,11). The van der Waals surface area contributed by atoms with E-state index in [0.717, 1.165) is 6.42 Å². The van der Waals surface area contributed by atoms with Gasteiger partial charge in [0.05, 0.1) is 19.1 Å². The van der Waals surface area contributed by atoms with Gasteiger partial charge in [-0.25, -0.2) is 0 Å². The van der Waals surface area contributed by atoms with E-state index in [4.69, 9.17) is 14.6 Å². The van der Waals surface area contributed by atoms with Crippen molar-refractivity contribution in [1.29, 1.82) is 0 Å². The number of carboxylic acids is 1. The number of rotatable bonds is 4. The molecule has 1 aliphatic rings. The van der Waals surface area contributed by atoms with E-state index < -0.39 is 11.9 Å². The molecule has 0 radical (unpaired) electrons. The average Bonchev–Trinajstić information content (AvgIpc) is 2.58. The Hall–Kier alpha value is -0.610. The van der Waals surface area contributed by atoms with Crippen LogP contribution in [-0.4, -0.2) is 30.6 Å². The third-order valence-corrected chi connectivity index (χ3v) is 2.50. The van der Waals surface area contributed by atoms with Gasteiger partial charge in [0.15, 0.2) is 6.29 Å². The van der Waals surface area contributed by atoms with Gasteiger partial charge in [-0.3, -0.25) is 4.79 Å². The minimum atomic E-state index is -0.786. The molecule has 2 unspecified atom stereocenters. The van der Waals surface area contributed by atoms with E-state index >= 15 is 0 Å². The zero-order valence-electron chi connectivity index (χ0n) is 8.03. The monoisotopic (exact) mass is 188 g/mol. The summed E-state index contributed by atoms with van der Waals surface area (Å²) in [6.07, 6.45) is 0.439. The van der Waals surface area contributed by atoms with Crippen LogP contribution in [0, 0.1) is 11.8 Å². The quantitative estimate of drug-likeness (QED) is 0.718. The lowest BCUT2D eigenvalue weighted by Gasteiger charge is -2.23. The lowest BCUT2D eigenvalue weighted by atomic mass is 9.91. The van der Waals surface area contributed by atoms with Crippen molar-refractivity contribution < 1.29 is 19.4 Å². The fraction of sp³-hybridized carbons (Fsp3) is 0.889. The molecule has 13 heavy (non-hydrogen) atoms. The number of carbonyl (C=O) groups is 1. The fourth-order valence-electron chi connectivity index (χ4n) is 1.59. The lowest BCUT2D eigenvalue weighted by Crippen LogP contribution is -2.31. The highest BCUT2D eigenvalue weighted by Gasteiger charge is 2.33. The average molecular weight is 188 g/mol. The Morgan fingerprint density at radius 3 is 2.46 bits per heavy atom. The van der Waals surface area contributed by atoms with Crippen molar-refractivity contribution in [2.24, 2.45) is 11.8 Å². The second kappa shape index (κ2) is 4.58. The van der Waals surface area contributed by atoms with Crippen LogP contribution >= 0.6 is 0 Å². The number of ether oxygens (including phenoxy) is 2. The smallest absolute Gasteiger partial charge is 0.306 e. The van der Waals surface area contributed by atoms with Crippen molar-refractivity contribution >= 4 is 5.97 Å². The predicted molar refractivity (Wildman–Crippen MR) is 46.3 cm³/mol. The maximum atomic E-state index is 10.7. The van der Waals surface area contributed by atoms with Crippen molar-refractivity contribution in [3.05, 3.63) is 0 Å². The summed E-state index contributed by atoms with van der Waals surface area (Å²) in [5, 5.41) is 8.83. The fourth-order valence-corrected chi connectivity index (χ4v) is 1.59. The molecule has 1 N–H and O–H groups in total. The zero-order valence-corrected chi connectivity index (χ0v) is 8.03. The summed E-state index contributed by atoms with van der Waals surface area (Å²) in [6, 6.07) is 0. The van der Waals surface area contributed by atoms with Crippen LogP contribution in [0.15, 0.2) is 0 Å². The molecule has 1 heterocycles. The third-order valence-electron chi connectivity index (χ3n) is 2.50. The minimum absolute atomic E-state index is 0.0417. The number of carboxylic acid groups (broad SMARTS) is 1. The molecule has 0 spiro atoms. The van der Waals surface area contributed by atoms with Gasteiger partial charge in [-0.2, -0.15) is 0 Å². The highest BCUT2D eigenvalue weighted by Crippen LogP contribution is 2.25. The molecule has 1 rings (SSSR count). The Morgan fingerprint density at radius 2 is 2.08 bits per heavy atom. The van der Waals surface area contributed by atoms with Crippen LogP contribution in [0.5, 0.6) is 0 Å². The maximum absolute atomic E-state index is 10.7. The van der Waals surface area contributed by atoms with Gasteiger partial charge in [-0.15, -0.1) is 0 Å². The summed E-state index contributed by atoms with van der Waals surface area (Å²) < 4.78 is 10.6. The topological polar surface area (TPSA) is 55.8 Å². The number of aliphatic carboxylic acids is 1. The minimum Gasteiger partial charge on any atom is -0.481 e. The van der Waals surface area contributed by atoms with Gasteiger partial charge in [-0.05, 0) is 6.42 Å². The van der Waals surface area contributed by atoms with Gasteiger partial charge in [0.1, 0.15) is 0 Å². The lowest BCUT2D eigenvalue weighted by molar-refractivity contribution is -0.152. The molecule has 0 amide bonds. The van der Waals surface area contributed by atoms with E-state index in [1.165, 1.54) is 0 Å². The van der Waals surface area contributed by atoms with Gasteiger partial charge < -0.3 is 14.6 Å². The SMILES string of the molecule is CCC(C1OCCO1)C(C)C(=O)O.